The zero-order valence-corrected chi connectivity index (χ0v) is 14.4. The first-order chi connectivity index (χ1) is 10.8. The fraction of sp³-hybridized carbons (Fsp3) is 0.167. The van der Waals surface area contributed by atoms with Crippen LogP contribution in [0.15, 0.2) is 47.4 Å². The van der Waals surface area contributed by atoms with Crippen LogP contribution in [0, 0.1) is 0 Å². The van der Waals surface area contributed by atoms with E-state index in [4.69, 9.17) is 13.7 Å². The third-order valence-electron chi connectivity index (χ3n) is 2.63. The summed E-state index contributed by atoms with van der Waals surface area (Å²) in [6, 6.07) is 11.8. The van der Waals surface area contributed by atoms with Gasteiger partial charge in [0, 0.05) is 5.39 Å². The summed E-state index contributed by atoms with van der Waals surface area (Å²) in [7, 11) is -12.7. The second kappa shape index (κ2) is 7.55. The van der Waals surface area contributed by atoms with Crippen LogP contribution in [0.25, 0.3) is 10.8 Å². The second-order valence-corrected chi connectivity index (χ2v) is 9.06. The minimum atomic E-state index is -4.30. The highest BCUT2D eigenvalue weighted by atomic mass is 32.2. The molecule has 3 N–H and O–H groups in total. The average Bonchev–Trinajstić information content (AvgIpc) is 2.43. The van der Waals surface area contributed by atoms with Gasteiger partial charge in [0.2, 0.25) is 0 Å². The number of benzene rings is 2. The fourth-order valence-electron chi connectivity index (χ4n) is 1.63. The third-order valence-corrected chi connectivity index (χ3v) is 5.24. The van der Waals surface area contributed by atoms with Crippen molar-refractivity contribution in [2.45, 2.75) is 4.90 Å². The van der Waals surface area contributed by atoms with Gasteiger partial charge in [0.05, 0.1) is 11.5 Å². The number of hydrogen-bond donors (Lipinski definition) is 3. The molecule has 0 aliphatic carbocycles. The van der Waals surface area contributed by atoms with E-state index >= 15 is 0 Å². The van der Waals surface area contributed by atoms with Crippen molar-refractivity contribution < 1.29 is 38.9 Å². The van der Waals surface area contributed by atoms with Crippen LogP contribution in [0.4, 0.5) is 0 Å². The molecule has 134 valence electrons. The van der Waals surface area contributed by atoms with E-state index in [2.05, 4.69) is 0 Å². The van der Waals surface area contributed by atoms with Gasteiger partial charge in [-0.05, 0) is 11.5 Å². The van der Waals surface area contributed by atoms with Crippen molar-refractivity contribution in [2.75, 3.05) is 11.5 Å². The van der Waals surface area contributed by atoms with Crippen LogP contribution in [0.2, 0.25) is 0 Å². The lowest BCUT2D eigenvalue weighted by molar-refractivity contribution is 0.472. The van der Waals surface area contributed by atoms with E-state index in [0.717, 1.165) is 5.39 Å². The molecule has 0 aliphatic heterocycles. The molecular weight excluding hydrogens is 384 g/mol. The molecule has 2 aromatic rings. The van der Waals surface area contributed by atoms with Gasteiger partial charge in [-0.1, -0.05) is 36.4 Å². The summed E-state index contributed by atoms with van der Waals surface area (Å²) in [5, 5.41) is 1.33. The Labute approximate surface area is 139 Å². The van der Waals surface area contributed by atoms with Crippen LogP contribution in [0.3, 0.4) is 0 Å². The lowest BCUT2D eigenvalue weighted by Crippen LogP contribution is -2.15. The first kappa shape index (κ1) is 20.5. The van der Waals surface area contributed by atoms with Crippen molar-refractivity contribution in [3.8, 4) is 0 Å². The van der Waals surface area contributed by atoms with E-state index in [1.807, 2.05) is 6.07 Å². The molecule has 0 atom stereocenters. The molecule has 0 aliphatic rings. The topological polar surface area (TPSA) is 163 Å². The summed E-state index contributed by atoms with van der Waals surface area (Å²) in [6.07, 6.45) is 0. The van der Waals surface area contributed by atoms with Gasteiger partial charge in [0.25, 0.3) is 30.4 Å². The predicted octanol–water partition coefficient (Wildman–Crippen LogP) is 0.849. The molecule has 9 nitrogen and oxygen atoms in total. The number of rotatable bonds is 4. The maximum atomic E-state index is 11.0. The van der Waals surface area contributed by atoms with Crippen LogP contribution in [-0.4, -0.2) is 50.4 Å². The molecule has 0 spiro atoms. The van der Waals surface area contributed by atoms with Crippen molar-refractivity contribution in [3.05, 3.63) is 42.5 Å². The summed E-state index contributed by atoms with van der Waals surface area (Å²) >= 11 is 0. The van der Waals surface area contributed by atoms with Gasteiger partial charge in [-0.25, -0.2) is 0 Å². The van der Waals surface area contributed by atoms with E-state index in [-0.39, 0.29) is 4.90 Å². The average molecular weight is 398 g/mol. The summed E-state index contributed by atoms with van der Waals surface area (Å²) in [4.78, 5) is -0.0457. The Kier molecular flexibility index (Phi) is 6.44. The van der Waals surface area contributed by atoms with Gasteiger partial charge in [0.1, 0.15) is 4.90 Å². The fourth-order valence-corrected chi connectivity index (χ4v) is 4.03. The molecule has 0 saturated carbocycles. The van der Waals surface area contributed by atoms with E-state index in [9.17, 15) is 25.3 Å². The van der Waals surface area contributed by atoms with Gasteiger partial charge < -0.3 is 0 Å². The molecule has 2 rings (SSSR count). The van der Waals surface area contributed by atoms with Crippen LogP contribution >= 0.6 is 0 Å². The maximum absolute atomic E-state index is 11.0. The van der Waals surface area contributed by atoms with E-state index < -0.39 is 41.9 Å². The Hall–Kier alpha value is -1.57. The SMILES string of the molecule is O=S(=O)(O)CCS(=O)(=O)O.O=S(=O)(O)c1cccc2ccccc12. The van der Waals surface area contributed by atoms with Gasteiger partial charge >= 0.3 is 0 Å². The molecule has 24 heavy (non-hydrogen) atoms. The monoisotopic (exact) mass is 398 g/mol. The summed E-state index contributed by atoms with van der Waals surface area (Å²) in [5.74, 6) is -1.96. The molecule has 0 heterocycles. The molecule has 0 radical (unpaired) electrons. The molecule has 0 amide bonds. The van der Waals surface area contributed by atoms with Crippen LogP contribution in [0.1, 0.15) is 0 Å². The Balaban J connectivity index is 0.000000257. The highest BCUT2D eigenvalue weighted by molar-refractivity contribution is 7.89. The van der Waals surface area contributed by atoms with E-state index in [0.29, 0.717) is 5.39 Å². The first-order valence-electron chi connectivity index (χ1n) is 6.15. The predicted molar refractivity (Wildman–Crippen MR) is 86.6 cm³/mol. The quantitative estimate of drug-likeness (QED) is 0.633. The Morgan fingerprint density at radius 1 is 0.667 bits per heavy atom. The molecule has 0 unspecified atom stereocenters. The largest absolute Gasteiger partial charge is 0.295 e. The van der Waals surface area contributed by atoms with E-state index in [1.54, 1.807) is 30.3 Å². The smallest absolute Gasteiger partial charge is 0.286 e. The molecular formula is C12H14O9S3. The van der Waals surface area contributed by atoms with Crippen molar-refractivity contribution in [1.29, 1.82) is 0 Å². The Bertz CT molecular complexity index is 985. The molecule has 12 heteroatoms. The number of hydrogen-bond acceptors (Lipinski definition) is 6. The minimum absolute atomic E-state index is 0.0457. The Morgan fingerprint density at radius 3 is 1.58 bits per heavy atom. The molecule has 0 fully saturated rings. The zero-order chi connectivity index (χ0) is 18.6. The summed E-state index contributed by atoms with van der Waals surface area (Å²) in [5.41, 5.74) is 0. The third kappa shape index (κ3) is 7.33. The van der Waals surface area contributed by atoms with Crippen molar-refractivity contribution in [3.63, 3.8) is 0 Å². The van der Waals surface area contributed by atoms with Gasteiger partial charge in [-0.2, -0.15) is 25.3 Å². The zero-order valence-electron chi connectivity index (χ0n) is 12.0. The lowest BCUT2D eigenvalue weighted by atomic mass is 10.1. The van der Waals surface area contributed by atoms with Gasteiger partial charge in [0.15, 0.2) is 0 Å². The van der Waals surface area contributed by atoms with Crippen LogP contribution in [-0.2, 0) is 30.4 Å². The molecule has 0 aromatic heterocycles. The van der Waals surface area contributed by atoms with Gasteiger partial charge in [-0.3, -0.25) is 13.7 Å². The summed E-state index contributed by atoms with van der Waals surface area (Å²) < 4.78 is 86.4. The molecule has 0 bridgehead atoms. The normalized spacial score (nSPS) is 12.5. The van der Waals surface area contributed by atoms with Crippen molar-refractivity contribution >= 4 is 41.1 Å². The maximum Gasteiger partial charge on any atom is 0.295 e. The van der Waals surface area contributed by atoms with Crippen LogP contribution < -0.4 is 0 Å². The van der Waals surface area contributed by atoms with Crippen LogP contribution in [0.5, 0.6) is 0 Å². The summed E-state index contributed by atoms with van der Waals surface area (Å²) in [6.45, 7) is 0. The van der Waals surface area contributed by atoms with E-state index in [1.165, 1.54) is 6.07 Å². The van der Waals surface area contributed by atoms with Crippen molar-refractivity contribution in [1.82, 2.24) is 0 Å². The molecule has 0 saturated heterocycles. The first-order valence-corrected chi connectivity index (χ1v) is 10.8. The Morgan fingerprint density at radius 2 is 1.12 bits per heavy atom. The standard InChI is InChI=1S/C10H8O3S.C2H6O6S2/c11-14(12,13)10-7-3-5-8-4-1-2-6-9(8)10;3-9(4,5)1-2-10(6,7)8/h1-7H,(H,11,12,13);1-2H2,(H,3,4,5)(H,6,7,8). The molecule has 2 aromatic carbocycles. The highest BCUT2D eigenvalue weighted by Crippen LogP contribution is 2.21. The second-order valence-electron chi connectivity index (χ2n) is 4.52. The van der Waals surface area contributed by atoms with Crippen molar-refractivity contribution in [2.24, 2.45) is 0 Å². The highest BCUT2D eigenvalue weighted by Gasteiger charge is 2.12. The minimum Gasteiger partial charge on any atom is -0.286 e. The lowest BCUT2D eigenvalue weighted by Gasteiger charge is -2.02. The number of fused-ring (bicyclic) bond motifs is 1. The van der Waals surface area contributed by atoms with Gasteiger partial charge in [-0.15, -0.1) is 0 Å².